The van der Waals surface area contributed by atoms with Crippen LogP contribution in [0.1, 0.15) is 20.7 Å². The zero-order chi connectivity index (χ0) is 15.2. The van der Waals surface area contributed by atoms with E-state index < -0.39 is 0 Å². The van der Waals surface area contributed by atoms with Crippen molar-refractivity contribution in [2.45, 2.75) is 0 Å². The normalized spacial score (nSPS) is 10.4. The number of anilines is 1. The Morgan fingerprint density at radius 3 is 2.10 bits per heavy atom. The van der Waals surface area contributed by atoms with Crippen molar-refractivity contribution in [2.75, 3.05) is 26.0 Å². The number of benzene rings is 2. The molecule has 0 aliphatic rings. The topological polar surface area (TPSA) is 49.4 Å². The Labute approximate surface area is 124 Å². The standard InChI is InChI=1S/C17H18N2O2/c1-19(2)12-16(20)13-8-10-15(11-9-13)18-17(21)14-6-4-3-5-7-14/h3-11H,12H2,1-2H3,(H,18,21). The van der Waals surface area contributed by atoms with Crippen molar-refractivity contribution in [2.24, 2.45) is 0 Å². The molecule has 0 unspecified atom stereocenters. The predicted octanol–water partition coefficient (Wildman–Crippen LogP) is 2.68. The predicted molar refractivity (Wildman–Crippen MR) is 83.7 cm³/mol. The number of hydrogen-bond acceptors (Lipinski definition) is 3. The van der Waals surface area contributed by atoms with E-state index in [1.165, 1.54) is 0 Å². The Balaban J connectivity index is 2.03. The molecule has 4 nitrogen and oxygen atoms in total. The first-order valence-electron chi connectivity index (χ1n) is 6.70. The molecule has 0 aliphatic carbocycles. The number of carbonyl (C=O) groups is 2. The molecule has 0 heterocycles. The van der Waals surface area contributed by atoms with Crippen LogP contribution in [0.25, 0.3) is 0 Å². The molecule has 4 heteroatoms. The van der Waals surface area contributed by atoms with Gasteiger partial charge in [0.25, 0.3) is 5.91 Å². The van der Waals surface area contributed by atoms with E-state index in [1.54, 1.807) is 36.4 Å². The Hall–Kier alpha value is -2.46. The van der Waals surface area contributed by atoms with Crippen molar-refractivity contribution in [3.05, 3.63) is 65.7 Å². The van der Waals surface area contributed by atoms with Gasteiger partial charge in [-0.05, 0) is 50.5 Å². The van der Waals surface area contributed by atoms with E-state index in [9.17, 15) is 9.59 Å². The van der Waals surface area contributed by atoms with Crippen LogP contribution in [0.3, 0.4) is 0 Å². The monoisotopic (exact) mass is 282 g/mol. The number of likely N-dealkylation sites (N-methyl/N-ethyl adjacent to an activating group) is 1. The number of amides is 1. The summed E-state index contributed by atoms with van der Waals surface area (Å²) in [6.45, 7) is 0.371. The fourth-order valence-corrected chi connectivity index (χ4v) is 1.91. The number of Topliss-reactive ketones (excluding diaryl/α,β-unsaturated/α-hetero) is 1. The van der Waals surface area contributed by atoms with Crippen molar-refractivity contribution in [1.29, 1.82) is 0 Å². The number of carbonyl (C=O) groups excluding carboxylic acids is 2. The summed E-state index contributed by atoms with van der Waals surface area (Å²) in [6, 6.07) is 15.9. The first kappa shape index (κ1) is 14.9. The number of nitrogens with zero attached hydrogens (tertiary/aromatic N) is 1. The fraction of sp³-hybridized carbons (Fsp3) is 0.176. The molecule has 1 N–H and O–H groups in total. The van der Waals surface area contributed by atoms with Crippen LogP contribution < -0.4 is 5.32 Å². The third kappa shape index (κ3) is 4.26. The second kappa shape index (κ2) is 6.81. The maximum Gasteiger partial charge on any atom is 0.255 e. The van der Waals surface area contributed by atoms with Crippen LogP contribution in [0.2, 0.25) is 0 Å². The molecule has 21 heavy (non-hydrogen) atoms. The Morgan fingerprint density at radius 1 is 0.905 bits per heavy atom. The van der Waals surface area contributed by atoms with Gasteiger partial charge < -0.3 is 10.2 Å². The van der Waals surface area contributed by atoms with Gasteiger partial charge in [-0.3, -0.25) is 9.59 Å². The molecule has 2 aromatic carbocycles. The number of ketones is 1. The molecule has 0 atom stereocenters. The number of rotatable bonds is 5. The van der Waals surface area contributed by atoms with Gasteiger partial charge in [-0.2, -0.15) is 0 Å². The Kier molecular flexibility index (Phi) is 4.85. The molecule has 0 saturated heterocycles. The third-order valence-corrected chi connectivity index (χ3v) is 2.96. The van der Waals surface area contributed by atoms with E-state index in [2.05, 4.69) is 5.32 Å². The molecule has 2 rings (SSSR count). The summed E-state index contributed by atoms with van der Waals surface area (Å²) in [4.78, 5) is 25.7. The van der Waals surface area contributed by atoms with Crippen LogP contribution in [0.15, 0.2) is 54.6 Å². The van der Waals surface area contributed by atoms with Gasteiger partial charge in [-0.1, -0.05) is 18.2 Å². The highest BCUT2D eigenvalue weighted by Crippen LogP contribution is 2.12. The minimum absolute atomic E-state index is 0.0564. The average molecular weight is 282 g/mol. The molecule has 0 radical (unpaired) electrons. The highest BCUT2D eigenvalue weighted by Gasteiger charge is 2.08. The quantitative estimate of drug-likeness (QED) is 0.858. The Bertz CT molecular complexity index is 619. The van der Waals surface area contributed by atoms with E-state index in [1.807, 2.05) is 37.2 Å². The average Bonchev–Trinajstić information content (AvgIpc) is 2.48. The zero-order valence-corrected chi connectivity index (χ0v) is 12.2. The van der Waals surface area contributed by atoms with Gasteiger partial charge in [-0.15, -0.1) is 0 Å². The summed E-state index contributed by atoms with van der Waals surface area (Å²) in [6.07, 6.45) is 0. The minimum Gasteiger partial charge on any atom is -0.322 e. The molecule has 1 amide bonds. The van der Waals surface area contributed by atoms with Gasteiger partial charge in [0.1, 0.15) is 0 Å². The second-order valence-corrected chi connectivity index (χ2v) is 5.06. The maximum atomic E-state index is 12.0. The fourth-order valence-electron chi connectivity index (χ4n) is 1.91. The third-order valence-electron chi connectivity index (χ3n) is 2.96. The van der Waals surface area contributed by atoms with Crippen LogP contribution >= 0.6 is 0 Å². The molecule has 2 aromatic rings. The van der Waals surface area contributed by atoms with Crippen molar-refractivity contribution in [3.8, 4) is 0 Å². The number of nitrogens with one attached hydrogen (secondary N) is 1. The summed E-state index contributed by atoms with van der Waals surface area (Å²) in [7, 11) is 3.71. The lowest BCUT2D eigenvalue weighted by Crippen LogP contribution is -2.21. The Morgan fingerprint density at radius 2 is 1.52 bits per heavy atom. The SMILES string of the molecule is CN(C)CC(=O)c1ccc(NC(=O)c2ccccc2)cc1. The van der Waals surface area contributed by atoms with Crippen LogP contribution in [0.5, 0.6) is 0 Å². The molecule has 0 aromatic heterocycles. The molecular formula is C17H18N2O2. The molecule has 0 spiro atoms. The van der Waals surface area contributed by atoms with Crippen molar-refractivity contribution in [3.63, 3.8) is 0 Å². The molecule has 0 bridgehead atoms. The highest BCUT2D eigenvalue weighted by molar-refractivity contribution is 6.04. The smallest absolute Gasteiger partial charge is 0.255 e. The maximum absolute atomic E-state index is 12.0. The molecule has 0 aliphatic heterocycles. The van der Waals surface area contributed by atoms with E-state index in [4.69, 9.17) is 0 Å². The lowest BCUT2D eigenvalue weighted by Gasteiger charge is -2.09. The molecule has 0 fully saturated rings. The largest absolute Gasteiger partial charge is 0.322 e. The van der Waals surface area contributed by atoms with Gasteiger partial charge >= 0.3 is 0 Å². The summed E-state index contributed by atoms with van der Waals surface area (Å²) in [5.74, 6) is -0.107. The van der Waals surface area contributed by atoms with Crippen molar-refractivity contribution < 1.29 is 9.59 Å². The van der Waals surface area contributed by atoms with Crippen LogP contribution in [0.4, 0.5) is 5.69 Å². The highest BCUT2D eigenvalue weighted by atomic mass is 16.1. The van der Waals surface area contributed by atoms with Gasteiger partial charge in [-0.25, -0.2) is 0 Å². The van der Waals surface area contributed by atoms with E-state index in [0.29, 0.717) is 23.4 Å². The second-order valence-electron chi connectivity index (χ2n) is 5.06. The van der Waals surface area contributed by atoms with Crippen molar-refractivity contribution in [1.82, 2.24) is 4.90 Å². The number of hydrogen-bond donors (Lipinski definition) is 1. The van der Waals surface area contributed by atoms with E-state index >= 15 is 0 Å². The van der Waals surface area contributed by atoms with Crippen LogP contribution in [-0.4, -0.2) is 37.2 Å². The van der Waals surface area contributed by atoms with Crippen LogP contribution in [-0.2, 0) is 0 Å². The molecule has 108 valence electrons. The first-order valence-corrected chi connectivity index (χ1v) is 6.70. The lowest BCUT2D eigenvalue weighted by atomic mass is 10.1. The summed E-state index contributed by atoms with van der Waals surface area (Å²) >= 11 is 0. The minimum atomic E-state index is -0.164. The van der Waals surface area contributed by atoms with Crippen LogP contribution in [0, 0.1) is 0 Å². The summed E-state index contributed by atoms with van der Waals surface area (Å²) in [5, 5.41) is 2.80. The molecular weight excluding hydrogens is 264 g/mol. The zero-order valence-electron chi connectivity index (χ0n) is 12.2. The lowest BCUT2D eigenvalue weighted by molar-refractivity contribution is 0.0957. The van der Waals surface area contributed by atoms with E-state index in [-0.39, 0.29) is 11.7 Å². The first-order chi connectivity index (χ1) is 10.1. The van der Waals surface area contributed by atoms with Crippen molar-refractivity contribution >= 4 is 17.4 Å². The van der Waals surface area contributed by atoms with Gasteiger partial charge in [0, 0.05) is 16.8 Å². The van der Waals surface area contributed by atoms with E-state index in [0.717, 1.165) is 0 Å². The van der Waals surface area contributed by atoms with Gasteiger partial charge in [0.2, 0.25) is 0 Å². The van der Waals surface area contributed by atoms with Gasteiger partial charge in [0.05, 0.1) is 6.54 Å². The molecule has 0 saturated carbocycles. The summed E-state index contributed by atoms with van der Waals surface area (Å²) < 4.78 is 0. The summed E-state index contributed by atoms with van der Waals surface area (Å²) in [5.41, 5.74) is 1.91. The van der Waals surface area contributed by atoms with Gasteiger partial charge in [0.15, 0.2) is 5.78 Å².